The number of likely N-dealkylation sites (tertiary alicyclic amines) is 1. The first-order chi connectivity index (χ1) is 33.9. The minimum atomic E-state index is -0.980. The second-order valence-electron chi connectivity index (χ2n) is 19.0. The van der Waals surface area contributed by atoms with Crippen molar-refractivity contribution in [3.8, 4) is 11.5 Å². The highest BCUT2D eigenvalue weighted by atomic mass is 16.6. The van der Waals surface area contributed by atoms with E-state index in [4.69, 9.17) is 14.1 Å². The molecule has 2 atom stereocenters. The van der Waals surface area contributed by atoms with Crippen LogP contribution >= 0.6 is 0 Å². The number of nitrogens with one attached hydrogen (secondary N) is 4. The van der Waals surface area contributed by atoms with Crippen molar-refractivity contribution in [2.75, 3.05) is 81.0 Å². The van der Waals surface area contributed by atoms with Crippen molar-refractivity contribution in [2.45, 2.75) is 63.8 Å². The SMILES string of the molecule is CC1(C)OC(=O)c2ccc(Nc3ncc(-c4nnc(CNCCN5CCC(CN6CCN(c7ccc8c(c7)C(=O)N(C7CCC(=O)NC7=O)C8=O)CC6)CC5)o4)c(N[C@H](CO)c4ccccc4)n3)cc21. The number of piperidine rings is 2. The Bertz CT molecular complexity index is 2800. The van der Waals surface area contributed by atoms with E-state index >= 15 is 0 Å². The fourth-order valence-electron chi connectivity index (χ4n) is 10.0. The van der Waals surface area contributed by atoms with Gasteiger partial charge in [0.05, 0.1) is 41.4 Å². The number of cyclic esters (lactones) is 1. The molecule has 20 heteroatoms. The van der Waals surface area contributed by atoms with Crippen LogP contribution in [0.2, 0.25) is 0 Å². The topological polar surface area (TPSA) is 241 Å². The molecule has 10 rings (SSSR count). The van der Waals surface area contributed by atoms with Gasteiger partial charge in [-0.15, -0.1) is 10.2 Å². The lowest BCUT2D eigenvalue weighted by Gasteiger charge is -2.39. The largest absolute Gasteiger partial charge is 0.451 e. The van der Waals surface area contributed by atoms with E-state index in [0.717, 1.165) is 93.5 Å². The number of benzene rings is 3. The number of hydrogen-bond acceptors (Lipinski definition) is 18. The van der Waals surface area contributed by atoms with Crippen LogP contribution in [0.25, 0.3) is 11.5 Å². The van der Waals surface area contributed by atoms with Crippen molar-refractivity contribution in [1.29, 1.82) is 0 Å². The smallest absolute Gasteiger partial charge is 0.339 e. The summed E-state index contributed by atoms with van der Waals surface area (Å²) in [6, 6.07) is 18.8. The summed E-state index contributed by atoms with van der Waals surface area (Å²) >= 11 is 0. The molecular formula is C50H56N12O8. The van der Waals surface area contributed by atoms with Crippen LogP contribution in [0, 0.1) is 5.92 Å². The third-order valence-electron chi connectivity index (χ3n) is 13.9. The van der Waals surface area contributed by atoms with E-state index in [1.165, 1.54) is 0 Å². The van der Waals surface area contributed by atoms with Crippen molar-refractivity contribution in [1.82, 2.24) is 45.5 Å². The summed E-state index contributed by atoms with van der Waals surface area (Å²) in [6.07, 6.45) is 4.05. The molecule has 0 radical (unpaired) electrons. The summed E-state index contributed by atoms with van der Waals surface area (Å²) in [4.78, 5) is 80.7. The van der Waals surface area contributed by atoms with Crippen LogP contribution < -0.4 is 26.2 Å². The highest BCUT2D eigenvalue weighted by Gasteiger charge is 2.45. The lowest BCUT2D eigenvalue weighted by molar-refractivity contribution is -0.136. The maximum absolute atomic E-state index is 13.4. The number of imide groups is 2. The van der Waals surface area contributed by atoms with Gasteiger partial charge in [-0.2, -0.15) is 4.98 Å². The molecule has 1 unspecified atom stereocenters. The maximum Gasteiger partial charge on any atom is 0.339 e. The van der Waals surface area contributed by atoms with Crippen LogP contribution in [-0.2, 0) is 26.5 Å². The molecule has 3 aromatic carbocycles. The number of esters is 1. The van der Waals surface area contributed by atoms with Gasteiger partial charge in [0.15, 0.2) is 0 Å². The molecule has 5 aliphatic heterocycles. The highest BCUT2D eigenvalue weighted by Crippen LogP contribution is 2.38. The van der Waals surface area contributed by atoms with E-state index in [1.807, 2.05) is 56.3 Å². The Hall–Kier alpha value is -7.13. The predicted octanol–water partition coefficient (Wildman–Crippen LogP) is 3.85. The summed E-state index contributed by atoms with van der Waals surface area (Å²) < 4.78 is 11.7. The number of carbonyl (C=O) groups excluding carboxylic acids is 5. The van der Waals surface area contributed by atoms with Gasteiger partial charge < -0.3 is 40.0 Å². The van der Waals surface area contributed by atoms with E-state index in [-0.39, 0.29) is 37.3 Å². The molecule has 4 amide bonds. The third-order valence-corrected chi connectivity index (χ3v) is 13.9. The van der Waals surface area contributed by atoms with Crippen LogP contribution in [0.5, 0.6) is 0 Å². The van der Waals surface area contributed by atoms with E-state index in [2.05, 4.69) is 51.1 Å². The molecule has 0 bridgehead atoms. The molecule has 0 saturated carbocycles. The zero-order valence-corrected chi connectivity index (χ0v) is 39.1. The number of aliphatic hydroxyl groups is 1. The Balaban J connectivity index is 0.686. The van der Waals surface area contributed by atoms with Crippen molar-refractivity contribution in [3.05, 3.63) is 107 Å². The number of amides is 4. The van der Waals surface area contributed by atoms with Crippen molar-refractivity contribution < 1.29 is 38.2 Å². The molecule has 2 aromatic heterocycles. The fourth-order valence-corrected chi connectivity index (χ4v) is 10.0. The normalized spacial score (nSPS) is 20.0. The number of anilines is 4. The number of fused-ring (bicyclic) bond motifs is 2. The van der Waals surface area contributed by atoms with Crippen LogP contribution in [0.4, 0.5) is 23.1 Å². The molecule has 364 valence electrons. The molecule has 0 spiro atoms. The van der Waals surface area contributed by atoms with Crippen molar-refractivity contribution in [2.24, 2.45) is 5.92 Å². The van der Waals surface area contributed by atoms with Crippen LogP contribution in [0.1, 0.15) is 93.7 Å². The molecule has 3 fully saturated rings. The third kappa shape index (κ3) is 9.71. The second-order valence-corrected chi connectivity index (χ2v) is 19.0. The number of ether oxygens (including phenoxy) is 1. The quantitative estimate of drug-likeness (QED) is 0.0536. The van der Waals surface area contributed by atoms with Gasteiger partial charge in [-0.05, 0) is 94.1 Å². The average Bonchev–Trinajstić information content (AvgIpc) is 4.00. The molecule has 70 heavy (non-hydrogen) atoms. The predicted molar refractivity (Wildman–Crippen MR) is 256 cm³/mol. The van der Waals surface area contributed by atoms with E-state index in [0.29, 0.717) is 52.1 Å². The zero-order chi connectivity index (χ0) is 48.5. The van der Waals surface area contributed by atoms with Gasteiger partial charge in [0.1, 0.15) is 17.5 Å². The van der Waals surface area contributed by atoms with E-state index in [1.54, 1.807) is 30.5 Å². The van der Waals surface area contributed by atoms with E-state index < -0.39 is 41.3 Å². The molecule has 5 aliphatic rings. The first kappa shape index (κ1) is 46.6. The number of carbonyl (C=O) groups is 5. The lowest BCUT2D eigenvalue weighted by Crippen LogP contribution is -2.54. The van der Waals surface area contributed by atoms with Crippen LogP contribution in [0.3, 0.4) is 0 Å². The van der Waals surface area contributed by atoms with Crippen LogP contribution in [0.15, 0.2) is 77.3 Å². The number of piperazine rings is 1. The van der Waals surface area contributed by atoms with Crippen molar-refractivity contribution in [3.63, 3.8) is 0 Å². The molecule has 20 nitrogen and oxygen atoms in total. The fraction of sp³-hybridized carbons (Fsp3) is 0.420. The van der Waals surface area contributed by atoms with Gasteiger partial charge in [-0.25, -0.2) is 9.78 Å². The van der Waals surface area contributed by atoms with Gasteiger partial charge in [-0.3, -0.25) is 34.3 Å². The standard InChI is InChI=1S/C50H56N12O8/c1-50(2)38-24-32(8-10-35(38)48(68)70-50)53-49-52-26-37(43(56-49)54-39(29-63)31-6-4-3-5-7-31)45-58-57-42(69-45)27-51-16-19-59-17-14-30(15-18-59)28-60-20-22-61(23-21-60)33-9-11-34-36(25-33)47(67)62(46(34)66)40-12-13-41(64)55-44(40)65/h3-11,24-26,30,39-40,51,63H,12-23,27-29H2,1-2H3,(H,55,64,65)(H2,52,53,54,56)/t39-,40?/m1/s1. The van der Waals surface area contributed by atoms with E-state index in [9.17, 15) is 29.1 Å². The van der Waals surface area contributed by atoms with Gasteiger partial charge in [-0.1, -0.05) is 30.3 Å². The Morgan fingerprint density at radius 1 is 0.843 bits per heavy atom. The van der Waals surface area contributed by atoms with Gasteiger partial charge in [0.2, 0.25) is 23.7 Å². The van der Waals surface area contributed by atoms with Crippen LogP contribution in [-0.4, -0.2) is 141 Å². The Morgan fingerprint density at radius 2 is 1.61 bits per heavy atom. The number of aromatic nitrogens is 4. The Morgan fingerprint density at radius 3 is 2.39 bits per heavy atom. The second kappa shape index (κ2) is 19.7. The number of nitrogens with zero attached hydrogens (tertiary/aromatic N) is 8. The lowest BCUT2D eigenvalue weighted by atomic mass is 9.95. The first-order valence-electron chi connectivity index (χ1n) is 23.9. The molecular weight excluding hydrogens is 897 g/mol. The van der Waals surface area contributed by atoms with Gasteiger partial charge in [0, 0.05) is 75.4 Å². The monoisotopic (exact) mass is 952 g/mol. The zero-order valence-electron chi connectivity index (χ0n) is 39.1. The summed E-state index contributed by atoms with van der Waals surface area (Å²) in [5.74, 6) is -0.439. The number of hydrogen-bond donors (Lipinski definition) is 5. The molecule has 7 heterocycles. The van der Waals surface area contributed by atoms with Crippen molar-refractivity contribution >= 4 is 52.7 Å². The number of rotatable bonds is 16. The Kier molecular flexibility index (Phi) is 13.1. The molecule has 3 saturated heterocycles. The Labute approximate surface area is 404 Å². The molecule has 5 aromatic rings. The minimum Gasteiger partial charge on any atom is -0.451 e. The summed E-state index contributed by atoms with van der Waals surface area (Å²) in [6.45, 7) is 12.0. The molecule has 5 N–H and O–H groups in total. The minimum absolute atomic E-state index is 0.0863. The van der Waals surface area contributed by atoms with Gasteiger partial charge >= 0.3 is 5.97 Å². The highest BCUT2D eigenvalue weighted by molar-refractivity contribution is 6.23. The average molecular weight is 953 g/mol. The number of aliphatic hydroxyl groups excluding tert-OH is 1. The summed E-state index contributed by atoms with van der Waals surface area (Å²) in [5.41, 5.74) is 4.00. The first-order valence-corrected chi connectivity index (χ1v) is 23.9. The summed E-state index contributed by atoms with van der Waals surface area (Å²) in [7, 11) is 0. The van der Waals surface area contributed by atoms with Gasteiger partial charge in [0.25, 0.3) is 17.7 Å². The maximum atomic E-state index is 13.4. The molecule has 0 aliphatic carbocycles. The summed E-state index contributed by atoms with van der Waals surface area (Å²) in [5, 5.41) is 31.4.